The number of rotatable bonds is 3. The number of para-hydroxylation sites is 1. The van der Waals surface area contributed by atoms with E-state index in [1.807, 2.05) is 30.3 Å². The lowest BCUT2D eigenvalue weighted by Gasteiger charge is -2.55. The SMILES string of the molecule is CC1(C)C2CC=C(/C=N/NC(=O)c3ccc4ccccc4n3)C1C2. The molecular weight excluding hydrogens is 298 g/mol. The summed E-state index contributed by atoms with van der Waals surface area (Å²) in [5.74, 6) is 1.09. The van der Waals surface area contributed by atoms with Crippen molar-refractivity contribution >= 4 is 23.0 Å². The highest BCUT2D eigenvalue weighted by Crippen LogP contribution is 2.58. The Morgan fingerprint density at radius 3 is 2.92 bits per heavy atom. The van der Waals surface area contributed by atoms with E-state index in [9.17, 15) is 4.79 Å². The van der Waals surface area contributed by atoms with Crippen LogP contribution in [-0.4, -0.2) is 17.1 Å². The van der Waals surface area contributed by atoms with Gasteiger partial charge >= 0.3 is 0 Å². The second kappa shape index (κ2) is 5.55. The van der Waals surface area contributed by atoms with Crippen LogP contribution >= 0.6 is 0 Å². The third-order valence-electron chi connectivity index (χ3n) is 5.72. The summed E-state index contributed by atoms with van der Waals surface area (Å²) in [6.07, 6.45) is 6.42. The number of allylic oxidation sites excluding steroid dienone is 2. The van der Waals surface area contributed by atoms with Gasteiger partial charge in [-0.1, -0.05) is 44.2 Å². The zero-order valence-corrected chi connectivity index (χ0v) is 14.0. The molecule has 0 saturated heterocycles. The van der Waals surface area contributed by atoms with Gasteiger partial charge in [-0.3, -0.25) is 4.79 Å². The largest absolute Gasteiger partial charge is 0.289 e. The van der Waals surface area contributed by atoms with Crippen LogP contribution in [-0.2, 0) is 0 Å². The summed E-state index contributed by atoms with van der Waals surface area (Å²) in [5, 5.41) is 5.18. The van der Waals surface area contributed by atoms with Gasteiger partial charge < -0.3 is 0 Å². The Bertz CT molecular complexity index is 866. The molecule has 2 aromatic rings. The van der Waals surface area contributed by atoms with E-state index < -0.39 is 0 Å². The van der Waals surface area contributed by atoms with Gasteiger partial charge in [0.25, 0.3) is 5.91 Å². The summed E-state index contributed by atoms with van der Waals surface area (Å²) in [6, 6.07) is 11.4. The Labute approximate surface area is 141 Å². The number of hydrazone groups is 1. The lowest BCUT2D eigenvalue weighted by molar-refractivity contribution is -0.00126. The molecule has 122 valence electrons. The average molecular weight is 319 g/mol. The van der Waals surface area contributed by atoms with Crippen LogP contribution in [0.15, 0.2) is 53.1 Å². The molecule has 4 nitrogen and oxygen atoms in total. The molecule has 5 rings (SSSR count). The molecule has 24 heavy (non-hydrogen) atoms. The molecule has 1 saturated carbocycles. The van der Waals surface area contributed by atoms with Gasteiger partial charge in [-0.2, -0.15) is 5.10 Å². The number of nitrogens with one attached hydrogen (secondary N) is 1. The molecule has 1 heterocycles. The van der Waals surface area contributed by atoms with Gasteiger partial charge in [0.15, 0.2) is 0 Å². The third kappa shape index (κ3) is 2.42. The molecule has 1 fully saturated rings. The standard InChI is InChI=1S/C20H21N3O/c1-20(2)15-9-7-14(16(20)11-15)12-21-23-19(24)18-10-8-13-5-3-4-6-17(13)22-18/h3-8,10,12,15-16H,9,11H2,1-2H3,(H,23,24)/b21-12+. The summed E-state index contributed by atoms with van der Waals surface area (Å²) in [6.45, 7) is 4.65. The van der Waals surface area contributed by atoms with Crippen LogP contribution in [0.25, 0.3) is 10.9 Å². The maximum atomic E-state index is 12.2. The van der Waals surface area contributed by atoms with Crippen molar-refractivity contribution in [2.45, 2.75) is 26.7 Å². The lowest BCUT2D eigenvalue weighted by atomic mass is 9.49. The minimum Gasteiger partial charge on any atom is -0.266 e. The minimum absolute atomic E-state index is 0.279. The number of pyridine rings is 1. The molecule has 1 N–H and O–H groups in total. The van der Waals surface area contributed by atoms with Crippen LogP contribution in [0.4, 0.5) is 0 Å². The Balaban J connectivity index is 1.45. The van der Waals surface area contributed by atoms with E-state index in [0.29, 0.717) is 17.0 Å². The first-order chi connectivity index (χ1) is 11.6. The van der Waals surface area contributed by atoms with Crippen molar-refractivity contribution in [3.05, 3.63) is 53.7 Å². The minimum atomic E-state index is -0.279. The van der Waals surface area contributed by atoms with Gasteiger partial charge in [-0.15, -0.1) is 0 Å². The second-order valence-corrected chi connectivity index (χ2v) is 7.33. The number of carbonyl (C=O) groups excluding carboxylic acids is 1. The van der Waals surface area contributed by atoms with Crippen LogP contribution < -0.4 is 5.43 Å². The van der Waals surface area contributed by atoms with E-state index in [1.165, 1.54) is 12.0 Å². The molecule has 1 aromatic carbocycles. The number of carbonyl (C=O) groups is 1. The quantitative estimate of drug-likeness (QED) is 0.688. The van der Waals surface area contributed by atoms with Gasteiger partial charge in [0.2, 0.25) is 0 Å². The molecule has 3 aliphatic carbocycles. The normalized spacial score (nSPS) is 24.5. The van der Waals surface area contributed by atoms with E-state index >= 15 is 0 Å². The van der Waals surface area contributed by atoms with Gasteiger partial charge in [0.05, 0.1) is 11.7 Å². The van der Waals surface area contributed by atoms with Crippen LogP contribution in [0, 0.1) is 17.3 Å². The van der Waals surface area contributed by atoms with Gasteiger partial charge in [0, 0.05) is 5.39 Å². The molecule has 4 heteroatoms. The maximum Gasteiger partial charge on any atom is 0.289 e. The fraction of sp³-hybridized carbons (Fsp3) is 0.350. The third-order valence-corrected chi connectivity index (χ3v) is 5.72. The van der Waals surface area contributed by atoms with Gasteiger partial charge in [-0.05, 0) is 47.8 Å². The highest BCUT2D eigenvalue weighted by atomic mass is 16.2. The molecular formula is C20H21N3O. The van der Waals surface area contributed by atoms with E-state index in [2.05, 4.69) is 35.4 Å². The first-order valence-electron chi connectivity index (χ1n) is 8.45. The van der Waals surface area contributed by atoms with Gasteiger partial charge in [-0.25, -0.2) is 10.4 Å². The van der Waals surface area contributed by atoms with Crippen molar-refractivity contribution in [1.82, 2.24) is 10.4 Å². The van der Waals surface area contributed by atoms with Crippen molar-refractivity contribution in [3.8, 4) is 0 Å². The zero-order valence-electron chi connectivity index (χ0n) is 14.0. The molecule has 0 spiro atoms. The Hall–Kier alpha value is -2.49. The van der Waals surface area contributed by atoms with E-state index in [-0.39, 0.29) is 5.91 Å². The van der Waals surface area contributed by atoms with Crippen LogP contribution in [0.2, 0.25) is 0 Å². The second-order valence-electron chi connectivity index (χ2n) is 7.33. The molecule has 0 radical (unpaired) electrons. The van der Waals surface area contributed by atoms with E-state index in [4.69, 9.17) is 0 Å². The van der Waals surface area contributed by atoms with Crippen LogP contribution in [0.3, 0.4) is 0 Å². The number of hydrogen-bond donors (Lipinski definition) is 1. The predicted molar refractivity (Wildman–Crippen MR) is 95.8 cm³/mol. The van der Waals surface area contributed by atoms with E-state index in [1.54, 1.807) is 12.3 Å². The van der Waals surface area contributed by atoms with Crippen molar-refractivity contribution in [2.75, 3.05) is 0 Å². The number of benzene rings is 1. The summed E-state index contributed by atoms with van der Waals surface area (Å²) in [7, 11) is 0. The summed E-state index contributed by atoms with van der Waals surface area (Å²) in [5.41, 5.74) is 5.40. The lowest BCUT2D eigenvalue weighted by Crippen LogP contribution is -2.48. The molecule has 0 aliphatic heterocycles. The Morgan fingerprint density at radius 1 is 1.29 bits per heavy atom. The fourth-order valence-electron chi connectivity index (χ4n) is 3.96. The smallest absolute Gasteiger partial charge is 0.266 e. The molecule has 1 aromatic heterocycles. The van der Waals surface area contributed by atoms with Crippen molar-refractivity contribution in [1.29, 1.82) is 0 Å². The summed E-state index contributed by atoms with van der Waals surface area (Å²) in [4.78, 5) is 16.6. The highest BCUT2D eigenvalue weighted by Gasteiger charge is 2.50. The van der Waals surface area contributed by atoms with Gasteiger partial charge in [0.1, 0.15) is 5.69 Å². The number of aromatic nitrogens is 1. The Kier molecular flexibility index (Phi) is 3.48. The zero-order chi connectivity index (χ0) is 16.7. The monoisotopic (exact) mass is 319 g/mol. The summed E-state index contributed by atoms with van der Waals surface area (Å²) >= 11 is 0. The van der Waals surface area contributed by atoms with Crippen LogP contribution in [0.1, 0.15) is 37.2 Å². The Morgan fingerprint density at radius 2 is 2.12 bits per heavy atom. The number of nitrogens with zero attached hydrogens (tertiary/aromatic N) is 2. The van der Waals surface area contributed by atoms with Crippen molar-refractivity contribution in [3.63, 3.8) is 0 Å². The number of amides is 1. The molecule has 2 bridgehead atoms. The van der Waals surface area contributed by atoms with Crippen LogP contribution in [0.5, 0.6) is 0 Å². The summed E-state index contributed by atoms with van der Waals surface area (Å²) < 4.78 is 0. The van der Waals surface area contributed by atoms with E-state index in [0.717, 1.165) is 23.2 Å². The molecule has 3 aliphatic rings. The average Bonchev–Trinajstić information content (AvgIpc) is 2.61. The maximum absolute atomic E-state index is 12.2. The molecule has 2 unspecified atom stereocenters. The predicted octanol–water partition coefficient (Wildman–Crippen LogP) is 3.94. The fourth-order valence-corrected chi connectivity index (χ4v) is 3.96. The van der Waals surface area contributed by atoms with Crippen molar-refractivity contribution in [2.24, 2.45) is 22.4 Å². The number of fused-ring (bicyclic) bond motifs is 2. The first kappa shape index (κ1) is 15.1. The molecule has 2 atom stereocenters. The van der Waals surface area contributed by atoms with Crippen molar-refractivity contribution < 1.29 is 4.79 Å². The molecule has 1 amide bonds. The highest BCUT2D eigenvalue weighted by molar-refractivity contribution is 5.95. The topological polar surface area (TPSA) is 54.4 Å². The first-order valence-corrected chi connectivity index (χ1v) is 8.45. The number of hydrogen-bond acceptors (Lipinski definition) is 3.